The van der Waals surface area contributed by atoms with Gasteiger partial charge in [-0.3, -0.25) is 0 Å². The molecule has 0 heterocycles. The minimum absolute atomic E-state index is 0.00820. The minimum atomic E-state index is -0.00820. The summed E-state index contributed by atoms with van der Waals surface area (Å²) in [5.41, 5.74) is 0.858. The number of aliphatic hydroxyl groups is 1. The second kappa shape index (κ2) is 4.89. The van der Waals surface area contributed by atoms with Crippen molar-refractivity contribution >= 4 is 0 Å². The lowest BCUT2D eigenvalue weighted by atomic mass is 9.63. The molecule has 1 saturated carbocycles. The van der Waals surface area contributed by atoms with Crippen molar-refractivity contribution in [3.8, 4) is 0 Å². The fourth-order valence-corrected chi connectivity index (χ4v) is 3.47. The lowest BCUT2D eigenvalue weighted by molar-refractivity contribution is 0.0747. The standard InChI is InChI=1S/C15H31NO/c1-13(2)7-12(8-14(3,4)9-13)16-10-15(5,6)11-17/h12,16-17H,7-11H2,1-6H3. The topological polar surface area (TPSA) is 32.3 Å². The molecule has 0 aromatic heterocycles. The highest BCUT2D eigenvalue weighted by Crippen LogP contribution is 2.45. The molecule has 0 bridgehead atoms. The Morgan fingerprint density at radius 3 is 2.00 bits per heavy atom. The summed E-state index contributed by atoms with van der Waals surface area (Å²) < 4.78 is 0. The Kier molecular flexibility index (Phi) is 4.31. The van der Waals surface area contributed by atoms with Gasteiger partial charge in [0.2, 0.25) is 0 Å². The van der Waals surface area contributed by atoms with Crippen LogP contribution in [-0.2, 0) is 0 Å². The van der Waals surface area contributed by atoms with E-state index in [-0.39, 0.29) is 12.0 Å². The third-order valence-electron chi connectivity index (χ3n) is 3.85. The quantitative estimate of drug-likeness (QED) is 0.792. The van der Waals surface area contributed by atoms with Gasteiger partial charge in [-0.2, -0.15) is 0 Å². The van der Waals surface area contributed by atoms with Gasteiger partial charge in [0, 0.05) is 24.6 Å². The van der Waals surface area contributed by atoms with E-state index in [1.807, 2.05) is 0 Å². The summed E-state index contributed by atoms with van der Waals surface area (Å²) >= 11 is 0. The molecule has 0 spiro atoms. The minimum Gasteiger partial charge on any atom is -0.396 e. The highest BCUT2D eigenvalue weighted by atomic mass is 16.3. The molecular weight excluding hydrogens is 210 g/mol. The summed E-state index contributed by atoms with van der Waals surface area (Å²) in [7, 11) is 0. The molecule has 102 valence electrons. The predicted octanol–water partition coefficient (Wildman–Crippen LogP) is 3.20. The fourth-order valence-electron chi connectivity index (χ4n) is 3.47. The van der Waals surface area contributed by atoms with E-state index in [9.17, 15) is 5.11 Å². The predicted molar refractivity (Wildman–Crippen MR) is 74.1 cm³/mol. The molecule has 1 aliphatic rings. The Balaban J connectivity index is 2.54. The van der Waals surface area contributed by atoms with Gasteiger partial charge in [0.1, 0.15) is 0 Å². The van der Waals surface area contributed by atoms with Crippen LogP contribution in [0.2, 0.25) is 0 Å². The number of rotatable bonds is 4. The molecule has 0 aromatic rings. The first kappa shape index (κ1) is 15.0. The van der Waals surface area contributed by atoms with E-state index < -0.39 is 0 Å². The molecule has 0 saturated heterocycles. The molecule has 1 fully saturated rings. The van der Waals surface area contributed by atoms with Gasteiger partial charge in [0.15, 0.2) is 0 Å². The van der Waals surface area contributed by atoms with Crippen LogP contribution in [-0.4, -0.2) is 24.3 Å². The van der Waals surface area contributed by atoms with Crippen LogP contribution in [0.15, 0.2) is 0 Å². The van der Waals surface area contributed by atoms with Gasteiger partial charge in [-0.1, -0.05) is 41.5 Å². The second-order valence-electron chi connectivity index (χ2n) is 8.31. The van der Waals surface area contributed by atoms with E-state index >= 15 is 0 Å². The maximum absolute atomic E-state index is 9.29. The van der Waals surface area contributed by atoms with Gasteiger partial charge in [-0.05, 0) is 30.1 Å². The van der Waals surface area contributed by atoms with Crippen LogP contribution in [0.5, 0.6) is 0 Å². The Hall–Kier alpha value is -0.0800. The van der Waals surface area contributed by atoms with Crippen LogP contribution in [0.3, 0.4) is 0 Å². The van der Waals surface area contributed by atoms with Crippen LogP contribution in [0.1, 0.15) is 60.8 Å². The first-order chi connectivity index (χ1) is 7.55. The lowest BCUT2D eigenvalue weighted by Gasteiger charge is -2.46. The molecule has 0 aliphatic heterocycles. The lowest BCUT2D eigenvalue weighted by Crippen LogP contribution is -2.47. The maximum atomic E-state index is 9.29. The second-order valence-corrected chi connectivity index (χ2v) is 8.31. The first-order valence-corrected chi connectivity index (χ1v) is 6.90. The van der Waals surface area contributed by atoms with E-state index in [1.54, 1.807) is 0 Å². The Morgan fingerprint density at radius 1 is 1.12 bits per heavy atom. The molecule has 0 aromatic carbocycles. The summed E-state index contributed by atoms with van der Waals surface area (Å²) in [6.07, 6.45) is 3.80. The maximum Gasteiger partial charge on any atom is 0.0494 e. The number of aliphatic hydroxyl groups excluding tert-OH is 1. The van der Waals surface area contributed by atoms with E-state index in [4.69, 9.17) is 0 Å². The van der Waals surface area contributed by atoms with Gasteiger partial charge < -0.3 is 10.4 Å². The number of hydrogen-bond donors (Lipinski definition) is 2. The first-order valence-electron chi connectivity index (χ1n) is 6.90. The van der Waals surface area contributed by atoms with Gasteiger partial charge in [0.05, 0.1) is 0 Å². The molecule has 1 rings (SSSR count). The molecule has 2 N–H and O–H groups in total. The van der Waals surface area contributed by atoms with E-state index in [1.165, 1.54) is 19.3 Å². The van der Waals surface area contributed by atoms with E-state index in [0.717, 1.165) is 6.54 Å². The van der Waals surface area contributed by atoms with E-state index in [0.29, 0.717) is 16.9 Å². The van der Waals surface area contributed by atoms with Crippen LogP contribution < -0.4 is 5.32 Å². The normalized spacial score (nSPS) is 24.9. The Morgan fingerprint density at radius 2 is 1.59 bits per heavy atom. The molecule has 2 nitrogen and oxygen atoms in total. The van der Waals surface area contributed by atoms with Crippen molar-refractivity contribution in [3.63, 3.8) is 0 Å². The highest BCUT2D eigenvalue weighted by molar-refractivity contribution is 4.92. The molecule has 0 radical (unpaired) electrons. The van der Waals surface area contributed by atoms with Crippen LogP contribution in [0.25, 0.3) is 0 Å². The van der Waals surface area contributed by atoms with Crippen molar-refractivity contribution in [1.29, 1.82) is 0 Å². The zero-order chi connectivity index (χ0) is 13.3. The monoisotopic (exact) mass is 241 g/mol. The zero-order valence-corrected chi connectivity index (χ0v) is 12.6. The molecule has 1 aliphatic carbocycles. The third-order valence-corrected chi connectivity index (χ3v) is 3.85. The van der Waals surface area contributed by atoms with Crippen molar-refractivity contribution in [1.82, 2.24) is 5.32 Å². The average Bonchev–Trinajstić information content (AvgIpc) is 2.10. The van der Waals surface area contributed by atoms with Gasteiger partial charge >= 0.3 is 0 Å². The third kappa shape index (κ3) is 4.97. The van der Waals surface area contributed by atoms with Gasteiger partial charge in [0.25, 0.3) is 0 Å². The van der Waals surface area contributed by atoms with Gasteiger partial charge in [-0.15, -0.1) is 0 Å². The average molecular weight is 241 g/mol. The largest absolute Gasteiger partial charge is 0.396 e. The van der Waals surface area contributed by atoms with E-state index in [2.05, 4.69) is 46.9 Å². The van der Waals surface area contributed by atoms with Crippen molar-refractivity contribution in [2.75, 3.05) is 13.2 Å². The highest BCUT2D eigenvalue weighted by Gasteiger charge is 2.38. The van der Waals surface area contributed by atoms with Crippen molar-refractivity contribution in [2.24, 2.45) is 16.2 Å². The summed E-state index contributed by atoms with van der Waals surface area (Å²) in [6.45, 7) is 14.9. The Bertz CT molecular complexity index is 240. The molecule has 0 amide bonds. The van der Waals surface area contributed by atoms with Gasteiger partial charge in [-0.25, -0.2) is 0 Å². The molecule has 0 unspecified atom stereocenters. The molecule has 2 heteroatoms. The SMILES string of the molecule is CC(C)(CO)CNC1CC(C)(C)CC(C)(C)C1. The smallest absolute Gasteiger partial charge is 0.0494 e. The summed E-state index contributed by atoms with van der Waals surface area (Å²) in [4.78, 5) is 0. The van der Waals surface area contributed by atoms with Crippen LogP contribution in [0, 0.1) is 16.2 Å². The van der Waals surface area contributed by atoms with Crippen molar-refractivity contribution < 1.29 is 5.11 Å². The van der Waals surface area contributed by atoms with Crippen LogP contribution in [0.4, 0.5) is 0 Å². The summed E-state index contributed by atoms with van der Waals surface area (Å²) in [6, 6.07) is 0.597. The molecule has 17 heavy (non-hydrogen) atoms. The van der Waals surface area contributed by atoms with Crippen molar-refractivity contribution in [2.45, 2.75) is 66.8 Å². The summed E-state index contributed by atoms with van der Waals surface area (Å²) in [5.74, 6) is 0. The Labute approximate surface area is 107 Å². The summed E-state index contributed by atoms with van der Waals surface area (Å²) in [5, 5.41) is 13.0. The number of nitrogens with one attached hydrogen (secondary N) is 1. The number of hydrogen-bond acceptors (Lipinski definition) is 2. The van der Waals surface area contributed by atoms with Crippen molar-refractivity contribution in [3.05, 3.63) is 0 Å². The molecule has 0 atom stereocenters. The zero-order valence-electron chi connectivity index (χ0n) is 12.6. The van der Waals surface area contributed by atoms with Crippen LogP contribution >= 0.6 is 0 Å². The molecular formula is C15H31NO. The fraction of sp³-hybridized carbons (Fsp3) is 1.00.